The Morgan fingerprint density at radius 3 is 2.65 bits per heavy atom. The number of hydrogen-bond acceptors (Lipinski definition) is 5. The number of aryl methyl sites for hydroxylation is 1. The number of benzene rings is 1. The van der Waals surface area contributed by atoms with Crippen LogP contribution >= 0.6 is 34.7 Å². The maximum atomic E-state index is 5.83. The molecule has 1 N–H and O–H groups in total. The number of halogens is 1. The number of thioether (sulfide) groups is 1. The summed E-state index contributed by atoms with van der Waals surface area (Å²) in [5.74, 6) is 1.03. The molecule has 0 bridgehead atoms. The summed E-state index contributed by atoms with van der Waals surface area (Å²) in [4.78, 5) is 10.8. The van der Waals surface area contributed by atoms with E-state index in [1.165, 1.54) is 16.2 Å². The standard InChI is InChI=1S/C17H16ClN3S2/c18-17-21-12-16(23-17)11-20-14-4-6-15(7-5-14)22-10-8-13-3-1-2-9-19-13/h1-7,9,12,20H,8,10-11H2. The lowest BCUT2D eigenvalue weighted by atomic mass is 10.3. The zero-order chi connectivity index (χ0) is 15.9. The number of pyridine rings is 1. The van der Waals surface area contributed by atoms with E-state index in [-0.39, 0.29) is 0 Å². The van der Waals surface area contributed by atoms with Crippen LogP contribution in [0.5, 0.6) is 0 Å². The molecular formula is C17H16ClN3S2. The van der Waals surface area contributed by atoms with Gasteiger partial charge in [-0.05, 0) is 42.8 Å². The van der Waals surface area contributed by atoms with Crippen LogP contribution in [0.25, 0.3) is 0 Å². The Kier molecular flexibility index (Phi) is 5.91. The monoisotopic (exact) mass is 361 g/mol. The molecule has 3 rings (SSSR count). The predicted molar refractivity (Wildman–Crippen MR) is 99.6 cm³/mol. The number of thiazole rings is 1. The van der Waals surface area contributed by atoms with Crippen molar-refractivity contribution in [1.82, 2.24) is 9.97 Å². The number of rotatable bonds is 7. The van der Waals surface area contributed by atoms with Gasteiger partial charge in [0, 0.05) is 39.3 Å². The first-order valence-corrected chi connectivity index (χ1v) is 9.44. The van der Waals surface area contributed by atoms with Gasteiger partial charge >= 0.3 is 0 Å². The number of anilines is 1. The fourth-order valence-electron chi connectivity index (χ4n) is 2.04. The van der Waals surface area contributed by atoms with Gasteiger partial charge in [0.25, 0.3) is 0 Å². The third-order valence-corrected chi connectivity index (χ3v) is 5.33. The summed E-state index contributed by atoms with van der Waals surface area (Å²) in [6.45, 7) is 0.747. The second kappa shape index (κ2) is 8.34. The van der Waals surface area contributed by atoms with Crippen molar-refractivity contribution in [1.29, 1.82) is 0 Å². The Labute approximate surface area is 149 Å². The molecule has 0 saturated heterocycles. The average molecular weight is 362 g/mol. The van der Waals surface area contributed by atoms with Gasteiger partial charge in [-0.1, -0.05) is 17.7 Å². The molecule has 0 spiro atoms. The molecule has 6 heteroatoms. The van der Waals surface area contributed by atoms with Gasteiger partial charge < -0.3 is 5.32 Å². The lowest BCUT2D eigenvalue weighted by Crippen LogP contribution is -1.97. The van der Waals surface area contributed by atoms with Crippen LogP contribution < -0.4 is 5.32 Å². The van der Waals surface area contributed by atoms with E-state index in [0.717, 1.165) is 35.0 Å². The second-order valence-electron chi connectivity index (χ2n) is 4.88. The summed E-state index contributed by atoms with van der Waals surface area (Å²) in [6.07, 6.45) is 4.64. The molecule has 0 unspecified atom stereocenters. The van der Waals surface area contributed by atoms with Crippen molar-refractivity contribution >= 4 is 40.4 Å². The first-order chi connectivity index (χ1) is 11.3. The molecule has 23 heavy (non-hydrogen) atoms. The van der Waals surface area contributed by atoms with E-state index >= 15 is 0 Å². The van der Waals surface area contributed by atoms with E-state index in [4.69, 9.17) is 11.6 Å². The van der Waals surface area contributed by atoms with Crippen LogP contribution in [0.3, 0.4) is 0 Å². The molecule has 3 nitrogen and oxygen atoms in total. The van der Waals surface area contributed by atoms with E-state index < -0.39 is 0 Å². The van der Waals surface area contributed by atoms with Crippen molar-refractivity contribution in [3.63, 3.8) is 0 Å². The Morgan fingerprint density at radius 2 is 1.96 bits per heavy atom. The Bertz CT molecular complexity index is 729. The summed E-state index contributed by atoms with van der Waals surface area (Å²) < 4.78 is 0.585. The zero-order valence-electron chi connectivity index (χ0n) is 12.4. The van der Waals surface area contributed by atoms with Gasteiger partial charge in [0.15, 0.2) is 4.47 Å². The number of nitrogens with one attached hydrogen (secondary N) is 1. The molecule has 0 amide bonds. The highest BCUT2D eigenvalue weighted by atomic mass is 35.5. The first-order valence-electron chi connectivity index (χ1n) is 7.26. The highest BCUT2D eigenvalue weighted by Crippen LogP contribution is 2.22. The lowest BCUT2D eigenvalue weighted by Gasteiger charge is -2.06. The fourth-order valence-corrected chi connectivity index (χ4v) is 3.84. The van der Waals surface area contributed by atoms with Gasteiger partial charge in [0.2, 0.25) is 0 Å². The van der Waals surface area contributed by atoms with Crippen molar-refractivity contribution in [2.45, 2.75) is 17.9 Å². The maximum absolute atomic E-state index is 5.83. The van der Waals surface area contributed by atoms with Crippen molar-refractivity contribution in [2.75, 3.05) is 11.1 Å². The highest BCUT2D eigenvalue weighted by Gasteiger charge is 2.00. The number of hydrogen-bond donors (Lipinski definition) is 1. The average Bonchev–Trinajstić information content (AvgIpc) is 3.01. The summed E-state index contributed by atoms with van der Waals surface area (Å²) in [6, 6.07) is 14.5. The molecule has 0 atom stereocenters. The van der Waals surface area contributed by atoms with Crippen molar-refractivity contribution in [3.05, 3.63) is 69.9 Å². The van der Waals surface area contributed by atoms with Crippen molar-refractivity contribution in [3.8, 4) is 0 Å². The minimum atomic E-state index is 0.585. The van der Waals surface area contributed by atoms with Gasteiger partial charge in [-0.25, -0.2) is 4.98 Å². The van der Waals surface area contributed by atoms with Crippen molar-refractivity contribution < 1.29 is 0 Å². The normalized spacial score (nSPS) is 10.7. The van der Waals surface area contributed by atoms with E-state index in [2.05, 4.69) is 45.6 Å². The SMILES string of the molecule is Clc1ncc(CNc2ccc(SCCc3ccccn3)cc2)s1. The quantitative estimate of drug-likeness (QED) is 0.591. The summed E-state index contributed by atoms with van der Waals surface area (Å²) in [5, 5.41) is 3.38. The highest BCUT2D eigenvalue weighted by molar-refractivity contribution is 7.99. The first kappa shape index (κ1) is 16.3. The summed E-state index contributed by atoms with van der Waals surface area (Å²) in [5.41, 5.74) is 2.24. The molecule has 0 aliphatic carbocycles. The van der Waals surface area contributed by atoms with E-state index in [1.54, 1.807) is 0 Å². The molecule has 2 aromatic heterocycles. The predicted octanol–water partition coefficient (Wildman–Crippen LogP) is 5.14. The smallest absolute Gasteiger partial charge is 0.183 e. The third kappa shape index (κ3) is 5.23. The largest absolute Gasteiger partial charge is 0.380 e. The number of nitrogens with zero attached hydrogens (tertiary/aromatic N) is 2. The Morgan fingerprint density at radius 1 is 1.09 bits per heavy atom. The van der Waals surface area contributed by atoms with Crippen LogP contribution in [-0.2, 0) is 13.0 Å². The topological polar surface area (TPSA) is 37.8 Å². The molecular weight excluding hydrogens is 346 g/mol. The summed E-state index contributed by atoms with van der Waals surface area (Å²) in [7, 11) is 0. The minimum Gasteiger partial charge on any atom is -0.380 e. The molecule has 3 aromatic rings. The lowest BCUT2D eigenvalue weighted by molar-refractivity contribution is 1.05. The van der Waals surface area contributed by atoms with Crippen LogP contribution in [0.4, 0.5) is 5.69 Å². The van der Waals surface area contributed by atoms with Crippen LogP contribution in [0.1, 0.15) is 10.6 Å². The van der Waals surface area contributed by atoms with E-state index in [9.17, 15) is 0 Å². The van der Waals surface area contributed by atoms with Crippen LogP contribution in [0.2, 0.25) is 4.47 Å². The van der Waals surface area contributed by atoms with Gasteiger partial charge in [0.05, 0.1) is 6.54 Å². The Hall–Kier alpha value is -1.56. The Balaban J connectivity index is 1.45. The molecule has 0 radical (unpaired) electrons. The second-order valence-corrected chi connectivity index (χ2v) is 7.74. The van der Waals surface area contributed by atoms with Gasteiger partial charge in [0.1, 0.15) is 0 Å². The van der Waals surface area contributed by atoms with Crippen LogP contribution in [0.15, 0.2) is 59.8 Å². The van der Waals surface area contributed by atoms with E-state index in [0.29, 0.717) is 4.47 Å². The molecule has 0 saturated carbocycles. The van der Waals surface area contributed by atoms with E-state index in [1.807, 2.05) is 36.3 Å². The third-order valence-electron chi connectivity index (χ3n) is 3.20. The zero-order valence-corrected chi connectivity index (χ0v) is 14.8. The van der Waals surface area contributed by atoms with Gasteiger partial charge in [-0.15, -0.1) is 23.1 Å². The van der Waals surface area contributed by atoms with Gasteiger partial charge in [-0.3, -0.25) is 4.98 Å². The van der Waals surface area contributed by atoms with Gasteiger partial charge in [-0.2, -0.15) is 0 Å². The summed E-state index contributed by atoms with van der Waals surface area (Å²) >= 11 is 9.18. The molecule has 118 valence electrons. The number of aromatic nitrogens is 2. The molecule has 0 fully saturated rings. The molecule has 0 aliphatic heterocycles. The van der Waals surface area contributed by atoms with Crippen molar-refractivity contribution in [2.24, 2.45) is 0 Å². The molecule has 1 aromatic carbocycles. The minimum absolute atomic E-state index is 0.585. The molecule has 0 aliphatic rings. The fraction of sp³-hybridized carbons (Fsp3) is 0.176. The van der Waals surface area contributed by atoms with Crippen LogP contribution in [-0.4, -0.2) is 15.7 Å². The van der Waals surface area contributed by atoms with Crippen LogP contribution in [0, 0.1) is 0 Å². The maximum Gasteiger partial charge on any atom is 0.183 e. The molecule has 2 heterocycles.